The van der Waals surface area contributed by atoms with Gasteiger partial charge < -0.3 is 15.0 Å². The van der Waals surface area contributed by atoms with Gasteiger partial charge in [-0.25, -0.2) is 4.68 Å². The Hall–Kier alpha value is -3.65. The van der Waals surface area contributed by atoms with E-state index in [4.69, 9.17) is 16.3 Å². The molecule has 9 heteroatoms. The molecule has 1 N–H and O–H groups in total. The van der Waals surface area contributed by atoms with Crippen LogP contribution < -0.4 is 20.5 Å². The highest BCUT2D eigenvalue weighted by molar-refractivity contribution is 6.32. The summed E-state index contributed by atoms with van der Waals surface area (Å²) < 4.78 is 6.23. The Morgan fingerprint density at radius 1 is 1.18 bits per heavy atom. The third kappa shape index (κ3) is 4.75. The minimum atomic E-state index is -0.387. The predicted octanol–water partition coefficient (Wildman–Crippen LogP) is 3.53. The fourth-order valence-electron chi connectivity index (χ4n) is 3.90. The SMILES string of the molecule is COc1ccc(NC(=O)CCn2nc(C(=O)N3c4ccccc4C[C@H]3C)ccc2=O)cc1Cl. The summed E-state index contributed by atoms with van der Waals surface area (Å²) >= 11 is 6.08. The first-order valence-electron chi connectivity index (χ1n) is 10.5. The Labute approximate surface area is 195 Å². The van der Waals surface area contributed by atoms with Gasteiger partial charge in [-0.3, -0.25) is 14.4 Å². The topological polar surface area (TPSA) is 93.5 Å². The van der Waals surface area contributed by atoms with Crippen LogP contribution >= 0.6 is 11.6 Å². The number of nitrogens with one attached hydrogen (secondary N) is 1. The van der Waals surface area contributed by atoms with Crippen molar-refractivity contribution < 1.29 is 14.3 Å². The van der Waals surface area contributed by atoms with Gasteiger partial charge in [-0.05, 0) is 49.2 Å². The number of hydrogen-bond acceptors (Lipinski definition) is 5. The molecule has 1 atom stereocenters. The molecule has 2 amide bonds. The van der Waals surface area contributed by atoms with E-state index < -0.39 is 0 Å². The van der Waals surface area contributed by atoms with Crippen LogP contribution in [0.4, 0.5) is 11.4 Å². The molecule has 0 saturated carbocycles. The van der Waals surface area contributed by atoms with Crippen LogP contribution in [0.2, 0.25) is 5.02 Å². The van der Waals surface area contributed by atoms with E-state index in [0.29, 0.717) is 16.5 Å². The highest BCUT2D eigenvalue weighted by Gasteiger charge is 2.32. The van der Waals surface area contributed by atoms with E-state index in [1.807, 2.05) is 31.2 Å². The first-order chi connectivity index (χ1) is 15.9. The van der Waals surface area contributed by atoms with Crippen molar-refractivity contribution in [1.82, 2.24) is 9.78 Å². The molecule has 1 aliphatic heterocycles. The molecular weight excluding hydrogens is 444 g/mol. The van der Waals surface area contributed by atoms with E-state index in [-0.39, 0.29) is 42.1 Å². The van der Waals surface area contributed by atoms with Gasteiger partial charge in [0.15, 0.2) is 0 Å². The second kappa shape index (κ2) is 9.46. The number of aromatic nitrogens is 2. The summed E-state index contributed by atoms with van der Waals surface area (Å²) in [6.07, 6.45) is 0.758. The maximum absolute atomic E-state index is 13.2. The molecule has 0 aliphatic carbocycles. The van der Waals surface area contributed by atoms with Crippen LogP contribution in [-0.4, -0.2) is 34.7 Å². The second-order valence-electron chi connectivity index (χ2n) is 7.78. The molecule has 0 unspecified atom stereocenters. The number of nitrogens with zero attached hydrogens (tertiary/aromatic N) is 3. The number of aryl methyl sites for hydroxylation is 1. The summed E-state index contributed by atoms with van der Waals surface area (Å²) in [5, 5.41) is 7.33. The number of anilines is 2. The van der Waals surface area contributed by atoms with E-state index in [1.54, 1.807) is 23.1 Å². The Kier molecular flexibility index (Phi) is 6.46. The zero-order valence-corrected chi connectivity index (χ0v) is 19.0. The van der Waals surface area contributed by atoms with Crippen LogP contribution in [0.1, 0.15) is 29.4 Å². The lowest BCUT2D eigenvalue weighted by molar-refractivity contribution is -0.116. The van der Waals surface area contributed by atoms with Crippen LogP contribution in [0.3, 0.4) is 0 Å². The number of amides is 2. The van der Waals surface area contributed by atoms with Crippen molar-refractivity contribution in [3.05, 3.63) is 81.2 Å². The molecule has 0 radical (unpaired) electrons. The molecule has 170 valence electrons. The molecule has 8 nitrogen and oxygen atoms in total. The van der Waals surface area contributed by atoms with Gasteiger partial charge in [0.05, 0.1) is 18.7 Å². The van der Waals surface area contributed by atoms with Gasteiger partial charge in [0.25, 0.3) is 11.5 Å². The summed E-state index contributed by atoms with van der Waals surface area (Å²) in [5.41, 5.74) is 2.23. The van der Waals surface area contributed by atoms with Crippen LogP contribution in [-0.2, 0) is 17.8 Å². The fraction of sp³-hybridized carbons (Fsp3) is 0.250. The summed E-state index contributed by atoms with van der Waals surface area (Å²) in [6, 6.07) is 15.4. The molecule has 2 heterocycles. The van der Waals surface area contributed by atoms with E-state index in [9.17, 15) is 14.4 Å². The van der Waals surface area contributed by atoms with Crippen LogP contribution in [0.5, 0.6) is 5.75 Å². The highest BCUT2D eigenvalue weighted by Crippen LogP contribution is 2.32. The largest absolute Gasteiger partial charge is 0.495 e. The highest BCUT2D eigenvalue weighted by atomic mass is 35.5. The molecule has 33 heavy (non-hydrogen) atoms. The minimum Gasteiger partial charge on any atom is -0.495 e. The minimum absolute atomic E-state index is 0.00283. The number of fused-ring (bicyclic) bond motifs is 1. The fourth-order valence-corrected chi connectivity index (χ4v) is 4.15. The quantitative estimate of drug-likeness (QED) is 0.600. The summed E-state index contributed by atoms with van der Waals surface area (Å²) in [5.74, 6) is -0.0934. The van der Waals surface area contributed by atoms with Gasteiger partial charge in [-0.1, -0.05) is 29.8 Å². The van der Waals surface area contributed by atoms with Crippen molar-refractivity contribution in [2.75, 3.05) is 17.3 Å². The Bertz CT molecular complexity index is 1270. The molecule has 2 aromatic carbocycles. The number of rotatable bonds is 6. The van der Waals surface area contributed by atoms with Gasteiger partial charge in [-0.2, -0.15) is 5.10 Å². The number of methoxy groups -OCH3 is 1. The number of halogens is 1. The molecule has 3 aromatic rings. The lowest BCUT2D eigenvalue weighted by atomic mass is 10.1. The number of carbonyl (C=O) groups is 2. The predicted molar refractivity (Wildman–Crippen MR) is 126 cm³/mol. The van der Waals surface area contributed by atoms with Gasteiger partial charge in [-0.15, -0.1) is 0 Å². The number of hydrogen-bond donors (Lipinski definition) is 1. The number of benzene rings is 2. The summed E-state index contributed by atoms with van der Waals surface area (Å²) in [4.78, 5) is 39.5. The van der Waals surface area contributed by atoms with Crippen molar-refractivity contribution >= 4 is 34.8 Å². The van der Waals surface area contributed by atoms with E-state index in [2.05, 4.69) is 10.4 Å². The van der Waals surface area contributed by atoms with Crippen molar-refractivity contribution in [2.45, 2.75) is 32.4 Å². The molecule has 0 fully saturated rings. The monoisotopic (exact) mass is 466 g/mol. The van der Waals surface area contributed by atoms with E-state index in [1.165, 1.54) is 19.2 Å². The van der Waals surface area contributed by atoms with Crippen molar-refractivity contribution in [3.63, 3.8) is 0 Å². The summed E-state index contributed by atoms with van der Waals surface area (Å²) in [7, 11) is 1.51. The molecule has 0 saturated heterocycles. The Balaban J connectivity index is 1.45. The molecule has 0 spiro atoms. The molecule has 1 aliphatic rings. The van der Waals surface area contributed by atoms with Gasteiger partial charge in [0, 0.05) is 29.9 Å². The Morgan fingerprint density at radius 2 is 1.97 bits per heavy atom. The number of carbonyl (C=O) groups excluding carboxylic acids is 2. The standard InChI is InChI=1S/C24H23ClN4O4/c1-15-13-16-5-3-4-6-20(16)29(15)24(32)19-8-10-23(31)28(27-19)12-11-22(30)26-17-7-9-21(33-2)18(25)14-17/h3-10,14-15H,11-13H2,1-2H3,(H,26,30)/t15-/m1/s1. The molecular formula is C24H23ClN4O4. The number of para-hydroxylation sites is 1. The smallest absolute Gasteiger partial charge is 0.278 e. The van der Waals surface area contributed by atoms with Gasteiger partial charge in [0.2, 0.25) is 5.91 Å². The van der Waals surface area contributed by atoms with Gasteiger partial charge in [0.1, 0.15) is 11.4 Å². The molecule has 0 bridgehead atoms. The lowest BCUT2D eigenvalue weighted by Crippen LogP contribution is -2.37. The van der Waals surface area contributed by atoms with Crippen molar-refractivity contribution in [3.8, 4) is 5.75 Å². The lowest BCUT2D eigenvalue weighted by Gasteiger charge is -2.22. The molecule has 4 rings (SSSR count). The van der Waals surface area contributed by atoms with Gasteiger partial charge >= 0.3 is 0 Å². The number of ether oxygens (including phenoxy) is 1. The van der Waals surface area contributed by atoms with Crippen LogP contribution in [0.25, 0.3) is 0 Å². The zero-order valence-electron chi connectivity index (χ0n) is 18.2. The Morgan fingerprint density at radius 3 is 2.73 bits per heavy atom. The van der Waals surface area contributed by atoms with Crippen LogP contribution in [0, 0.1) is 0 Å². The molecule has 1 aromatic heterocycles. The maximum Gasteiger partial charge on any atom is 0.278 e. The van der Waals surface area contributed by atoms with Crippen molar-refractivity contribution in [1.29, 1.82) is 0 Å². The van der Waals surface area contributed by atoms with Crippen LogP contribution in [0.15, 0.2) is 59.4 Å². The average Bonchev–Trinajstić information content (AvgIpc) is 3.14. The normalized spacial score (nSPS) is 14.6. The van der Waals surface area contributed by atoms with Crippen molar-refractivity contribution in [2.24, 2.45) is 0 Å². The van der Waals surface area contributed by atoms with E-state index >= 15 is 0 Å². The first-order valence-corrected chi connectivity index (χ1v) is 10.9. The zero-order chi connectivity index (χ0) is 23.5. The second-order valence-corrected chi connectivity index (χ2v) is 8.19. The summed E-state index contributed by atoms with van der Waals surface area (Å²) in [6.45, 7) is 2.01. The average molecular weight is 467 g/mol. The maximum atomic E-state index is 13.2. The van der Waals surface area contributed by atoms with E-state index in [0.717, 1.165) is 22.4 Å². The third-order valence-electron chi connectivity index (χ3n) is 5.50. The first kappa shape index (κ1) is 22.5. The third-order valence-corrected chi connectivity index (χ3v) is 5.79.